The number of amides is 2. The number of rotatable bonds is 4. The highest BCUT2D eigenvalue weighted by molar-refractivity contribution is 5.90. The fourth-order valence-corrected chi connectivity index (χ4v) is 2.76. The van der Waals surface area contributed by atoms with Gasteiger partial charge in [-0.05, 0) is 18.2 Å². The van der Waals surface area contributed by atoms with Crippen molar-refractivity contribution in [1.29, 1.82) is 0 Å². The van der Waals surface area contributed by atoms with Gasteiger partial charge < -0.3 is 24.8 Å². The summed E-state index contributed by atoms with van der Waals surface area (Å²) in [7, 11) is 0. The Labute approximate surface area is 137 Å². The van der Waals surface area contributed by atoms with Gasteiger partial charge in [0.15, 0.2) is 0 Å². The highest BCUT2D eigenvalue weighted by atomic mass is 19.1. The predicted octanol–water partition coefficient (Wildman–Crippen LogP) is 1.26. The maximum absolute atomic E-state index is 14.4. The third kappa shape index (κ3) is 3.51. The molecule has 24 heavy (non-hydrogen) atoms. The lowest BCUT2D eigenvalue weighted by molar-refractivity contribution is 0.122. The van der Waals surface area contributed by atoms with Gasteiger partial charge in [0.05, 0.1) is 37.7 Å². The molecule has 1 atom stereocenters. The lowest BCUT2D eigenvalue weighted by Gasteiger charge is -2.29. The van der Waals surface area contributed by atoms with Crippen molar-refractivity contribution in [2.24, 2.45) is 0 Å². The number of carbonyl (C=O) groups excluding carboxylic acids is 1. The van der Waals surface area contributed by atoms with Crippen molar-refractivity contribution in [2.75, 3.05) is 49.2 Å². The van der Waals surface area contributed by atoms with E-state index in [9.17, 15) is 14.0 Å². The van der Waals surface area contributed by atoms with Gasteiger partial charge in [-0.15, -0.1) is 0 Å². The Morgan fingerprint density at radius 2 is 2.12 bits per heavy atom. The van der Waals surface area contributed by atoms with Crippen LogP contribution in [-0.2, 0) is 9.47 Å². The van der Waals surface area contributed by atoms with Gasteiger partial charge in [-0.25, -0.2) is 14.0 Å². The van der Waals surface area contributed by atoms with Crippen LogP contribution in [0.25, 0.3) is 0 Å². The first-order chi connectivity index (χ1) is 11.5. The molecule has 0 aromatic heterocycles. The number of benzene rings is 1. The zero-order valence-corrected chi connectivity index (χ0v) is 12.9. The van der Waals surface area contributed by atoms with Gasteiger partial charge in [-0.1, -0.05) is 0 Å². The van der Waals surface area contributed by atoms with E-state index in [1.54, 1.807) is 12.1 Å². The minimum Gasteiger partial charge on any atom is -0.465 e. The van der Waals surface area contributed by atoms with Crippen molar-refractivity contribution in [2.45, 2.75) is 6.10 Å². The van der Waals surface area contributed by atoms with Crippen molar-refractivity contribution in [1.82, 2.24) is 5.32 Å². The van der Waals surface area contributed by atoms with Crippen LogP contribution in [-0.4, -0.2) is 62.8 Å². The molecule has 0 radical (unpaired) electrons. The number of hydrogen-bond acceptors (Lipinski definition) is 5. The highest BCUT2D eigenvalue weighted by Gasteiger charge is 2.33. The molecule has 1 aromatic rings. The summed E-state index contributed by atoms with van der Waals surface area (Å²) in [6.07, 6.45) is -2.41. The molecule has 0 spiro atoms. The number of nitrogens with one attached hydrogen (secondary N) is 1. The molecule has 2 amide bonds. The van der Waals surface area contributed by atoms with Crippen LogP contribution in [0.15, 0.2) is 18.2 Å². The van der Waals surface area contributed by atoms with Crippen LogP contribution < -0.4 is 15.1 Å². The van der Waals surface area contributed by atoms with Crippen molar-refractivity contribution in [3.63, 3.8) is 0 Å². The molecule has 1 aromatic carbocycles. The lowest BCUT2D eigenvalue weighted by Crippen LogP contribution is -2.36. The normalized spacial score (nSPS) is 20.9. The number of hydrogen-bond donors (Lipinski definition) is 2. The van der Waals surface area contributed by atoms with Crippen molar-refractivity contribution < 1.29 is 28.6 Å². The molecule has 3 rings (SSSR count). The molecule has 8 nitrogen and oxygen atoms in total. The van der Waals surface area contributed by atoms with Crippen LogP contribution in [0, 0.1) is 5.82 Å². The van der Waals surface area contributed by atoms with Crippen molar-refractivity contribution in [3.8, 4) is 0 Å². The van der Waals surface area contributed by atoms with Gasteiger partial charge in [0.1, 0.15) is 11.9 Å². The largest absolute Gasteiger partial charge is 0.465 e. The fourth-order valence-electron chi connectivity index (χ4n) is 2.76. The van der Waals surface area contributed by atoms with E-state index in [2.05, 4.69) is 5.32 Å². The number of anilines is 2. The fraction of sp³-hybridized carbons (Fsp3) is 0.467. The molecule has 0 aliphatic carbocycles. The van der Waals surface area contributed by atoms with E-state index in [1.807, 2.05) is 4.90 Å². The van der Waals surface area contributed by atoms with E-state index in [4.69, 9.17) is 14.6 Å². The molecule has 2 aliphatic rings. The van der Waals surface area contributed by atoms with E-state index in [1.165, 1.54) is 11.0 Å². The number of ether oxygens (including phenoxy) is 2. The number of carbonyl (C=O) groups is 2. The summed E-state index contributed by atoms with van der Waals surface area (Å²) in [6, 6.07) is 4.58. The predicted molar refractivity (Wildman–Crippen MR) is 83.1 cm³/mol. The molecule has 0 unspecified atom stereocenters. The van der Waals surface area contributed by atoms with Crippen LogP contribution in [0.1, 0.15) is 0 Å². The Morgan fingerprint density at radius 3 is 2.79 bits per heavy atom. The first-order valence-electron chi connectivity index (χ1n) is 7.62. The molecule has 9 heteroatoms. The number of halogens is 1. The number of carboxylic acid groups (broad SMARTS) is 1. The molecular weight excluding hydrogens is 321 g/mol. The third-order valence-corrected chi connectivity index (χ3v) is 3.95. The molecule has 2 aliphatic heterocycles. The van der Waals surface area contributed by atoms with Gasteiger partial charge in [-0.3, -0.25) is 4.90 Å². The van der Waals surface area contributed by atoms with Gasteiger partial charge in [0, 0.05) is 13.1 Å². The summed E-state index contributed by atoms with van der Waals surface area (Å²) in [5.74, 6) is -0.422. The standard InChI is InChI=1S/C15H18FN3O5/c16-12-7-10(1-2-13(12)18-3-5-23-6-4-18)19-9-11(24-15(19)22)8-17-14(20)21/h1-2,7,11,17H,3-6,8-9H2,(H,20,21)/t11-/m0/s1. The number of morpholine rings is 1. The summed E-state index contributed by atoms with van der Waals surface area (Å²) in [5, 5.41) is 10.7. The SMILES string of the molecule is O=C(O)NC[C@H]1CN(c2ccc(N3CCOCC3)c(F)c2)C(=O)O1. The smallest absolute Gasteiger partial charge is 0.414 e. The second-order valence-corrected chi connectivity index (χ2v) is 5.54. The molecule has 130 valence electrons. The minimum absolute atomic E-state index is 0.00802. The van der Waals surface area contributed by atoms with E-state index < -0.39 is 24.1 Å². The summed E-state index contributed by atoms with van der Waals surface area (Å²) in [5.41, 5.74) is 0.853. The molecule has 0 bridgehead atoms. The topological polar surface area (TPSA) is 91.3 Å². The monoisotopic (exact) mass is 339 g/mol. The van der Waals surface area contributed by atoms with Gasteiger partial charge in [0.25, 0.3) is 0 Å². The Hall–Kier alpha value is -2.55. The lowest BCUT2D eigenvalue weighted by atomic mass is 10.2. The summed E-state index contributed by atoms with van der Waals surface area (Å²) in [6.45, 7) is 2.49. The average Bonchev–Trinajstić information content (AvgIpc) is 2.94. The molecule has 2 saturated heterocycles. The molecule has 2 N–H and O–H groups in total. The van der Waals surface area contributed by atoms with Gasteiger partial charge in [0.2, 0.25) is 0 Å². The van der Waals surface area contributed by atoms with E-state index in [0.29, 0.717) is 37.7 Å². The molecular formula is C15H18FN3O5. The quantitative estimate of drug-likeness (QED) is 0.858. The maximum Gasteiger partial charge on any atom is 0.414 e. The number of nitrogens with zero attached hydrogens (tertiary/aromatic N) is 2. The summed E-state index contributed by atoms with van der Waals surface area (Å²) >= 11 is 0. The second kappa shape index (κ2) is 6.91. The Kier molecular flexibility index (Phi) is 4.70. The van der Waals surface area contributed by atoms with Gasteiger partial charge >= 0.3 is 12.2 Å². The second-order valence-electron chi connectivity index (χ2n) is 5.54. The third-order valence-electron chi connectivity index (χ3n) is 3.95. The highest BCUT2D eigenvalue weighted by Crippen LogP contribution is 2.28. The van der Waals surface area contributed by atoms with Crippen LogP contribution in [0.2, 0.25) is 0 Å². The molecule has 0 saturated carbocycles. The van der Waals surface area contributed by atoms with Crippen LogP contribution in [0.5, 0.6) is 0 Å². The van der Waals surface area contributed by atoms with E-state index >= 15 is 0 Å². The molecule has 2 heterocycles. The molecule has 2 fully saturated rings. The Morgan fingerprint density at radius 1 is 1.38 bits per heavy atom. The zero-order valence-electron chi connectivity index (χ0n) is 12.9. The minimum atomic E-state index is -1.19. The van der Waals surface area contributed by atoms with Crippen LogP contribution >= 0.6 is 0 Å². The Bertz CT molecular complexity index is 636. The average molecular weight is 339 g/mol. The summed E-state index contributed by atoms with van der Waals surface area (Å²) in [4.78, 5) is 25.6. The Balaban J connectivity index is 1.69. The van der Waals surface area contributed by atoms with Crippen LogP contribution in [0.4, 0.5) is 25.4 Å². The van der Waals surface area contributed by atoms with E-state index in [-0.39, 0.29) is 13.1 Å². The van der Waals surface area contributed by atoms with Crippen LogP contribution in [0.3, 0.4) is 0 Å². The number of cyclic esters (lactones) is 1. The maximum atomic E-state index is 14.4. The van der Waals surface area contributed by atoms with E-state index in [0.717, 1.165) is 0 Å². The van der Waals surface area contributed by atoms with Gasteiger partial charge in [-0.2, -0.15) is 0 Å². The van der Waals surface area contributed by atoms with Crippen molar-refractivity contribution in [3.05, 3.63) is 24.0 Å². The zero-order chi connectivity index (χ0) is 17.1. The first kappa shape index (κ1) is 16.3. The summed E-state index contributed by atoms with van der Waals surface area (Å²) < 4.78 is 24.7. The first-order valence-corrected chi connectivity index (χ1v) is 7.62. The van der Waals surface area contributed by atoms with Crippen molar-refractivity contribution >= 4 is 23.6 Å².